The second-order valence-corrected chi connectivity index (χ2v) is 3.09. The fraction of sp³-hybridized carbons (Fsp3) is 0.200. The third-order valence-electron chi connectivity index (χ3n) is 1.44. The molecule has 0 N–H and O–H groups in total. The van der Waals surface area contributed by atoms with Gasteiger partial charge in [-0.15, -0.1) is 0 Å². The van der Waals surface area contributed by atoms with Gasteiger partial charge in [-0.25, -0.2) is 0 Å². The zero-order valence-electron chi connectivity index (χ0n) is 8.70. The number of halogens is 2. The second-order valence-electron chi connectivity index (χ2n) is 2.40. The maximum atomic E-state index is 9.43. The van der Waals surface area contributed by atoms with Crippen LogP contribution < -0.4 is 9.47 Å². The van der Waals surface area contributed by atoms with Crippen molar-refractivity contribution in [2.45, 2.75) is 0 Å². The molecule has 1 rings (SSSR count). The molecule has 0 bridgehead atoms. The van der Waals surface area contributed by atoms with Crippen LogP contribution in [0, 0.1) is 0 Å². The predicted molar refractivity (Wildman–Crippen MR) is 61.3 cm³/mol. The first-order valence-corrected chi connectivity index (χ1v) is 4.84. The highest BCUT2D eigenvalue weighted by Crippen LogP contribution is 2.24. The van der Waals surface area contributed by atoms with Gasteiger partial charge in [0.1, 0.15) is 0 Å². The zero-order valence-corrected chi connectivity index (χ0v) is 10.2. The van der Waals surface area contributed by atoms with Gasteiger partial charge < -0.3 is 9.47 Å². The summed E-state index contributed by atoms with van der Waals surface area (Å²) in [7, 11) is 3.25. The van der Waals surface area contributed by atoms with Crippen LogP contribution in [-0.2, 0) is 9.59 Å². The lowest BCUT2D eigenvalue weighted by Gasteiger charge is -2.04. The molecule has 0 aromatic heterocycles. The number of para-hydroxylation sites is 2. The molecule has 0 fully saturated rings. The maximum Gasteiger partial charge on any atom is 0.304 e. The highest BCUT2D eigenvalue weighted by molar-refractivity contribution is 6.97. The molecule has 0 amide bonds. The van der Waals surface area contributed by atoms with Crippen LogP contribution in [0.3, 0.4) is 0 Å². The number of methoxy groups -OCH3 is 2. The number of ether oxygens (including phenoxy) is 2. The lowest BCUT2D eigenvalue weighted by atomic mass is 10.3. The summed E-state index contributed by atoms with van der Waals surface area (Å²) in [6.07, 6.45) is 0. The zero-order chi connectivity index (χ0) is 12.6. The van der Waals surface area contributed by atoms with Crippen LogP contribution in [0.15, 0.2) is 24.3 Å². The van der Waals surface area contributed by atoms with Crippen molar-refractivity contribution in [3.63, 3.8) is 0 Å². The Morgan fingerprint density at radius 2 is 1.25 bits per heavy atom. The van der Waals surface area contributed by atoms with Gasteiger partial charge in [-0.3, -0.25) is 9.59 Å². The van der Waals surface area contributed by atoms with Crippen molar-refractivity contribution in [2.75, 3.05) is 14.2 Å². The van der Waals surface area contributed by atoms with Crippen molar-refractivity contribution in [3.05, 3.63) is 24.3 Å². The number of hydrogen-bond donors (Lipinski definition) is 0. The molecule has 0 radical (unpaired) electrons. The first kappa shape index (κ1) is 14.7. The summed E-state index contributed by atoms with van der Waals surface area (Å²) in [6, 6.07) is 7.53. The Morgan fingerprint density at radius 1 is 0.938 bits per heavy atom. The molecule has 4 nitrogen and oxygen atoms in total. The molecular weight excluding hydrogens is 255 g/mol. The van der Waals surface area contributed by atoms with Gasteiger partial charge in [-0.2, -0.15) is 0 Å². The number of carbonyl (C=O) groups is 2. The van der Waals surface area contributed by atoms with E-state index in [1.54, 1.807) is 14.2 Å². The van der Waals surface area contributed by atoms with Crippen LogP contribution in [0.2, 0.25) is 0 Å². The van der Waals surface area contributed by atoms with Gasteiger partial charge in [0.2, 0.25) is 0 Å². The summed E-state index contributed by atoms with van der Waals surface area (Å²) in [4.78, 5) is 18.9. The van der Waals surface area contributed by atoms with Gasteiger partial charge in [0.15, 0.2) is 11.5 Å². The molecule has 0 heterocycles. The largest absolute Gasteiger partial charge is 0.493 e. The monoisotopic (exact) mass is 264 g/mol. The van der Waals surface area contributed by atoms with Crippen molar-refractivity contribution in [1.29, 1.82) is 0 Å². The van der Waals surface area contributed by atoms with Crippen molar-refractivity contribution in [3.8, 4) is 11.5 Å². The molecule has 0 saturated heterocycles. The van der Waals surface area contributed by atoms with Gasteiger partial charge in [0, 0.05) is 0 Å². The Morgan fingerprint density at radius 3 is 1.44 bits per heavy atom. The van der Waals surface area contributed by atoms with E-state index < -0.39 is 10.5 Å². The number of hydrogen-bond acceptors (Lipinski definition) is 4. The Kier molecular flexibility index (Phi) is 7.33. The third kappa shape index (κ3) is 5.58. The van der Waals surface area contributed by atoms with E-state index in [1.807, 2.05) is 24.3 Å². The first-order chi connectivity index (χ1) is 7.52. The Labute approximate surface area is 103 Å². The summed E-state index contributed by atoms with van der Waals surface area (Å²) in [5.41, 5.74) is 0. The quantitative estimate of drug-likeness (QED) is 0.621. The minimum absolute atomic E-state index is 0.769. The normalized spacial score (nSPS) is 8.50. The van der Waals surface area contributed by atoms with Gasteiger partial charge in [-0.1, -0.05) is 12.1 Å². The van der Waals surface area contributed by atoms with Crippen LogP contribution >= 0.6 is 23.2 Å². The van der Waals surface area contributed by atoms with E-state index in [4.69, 9.17) is 9.47 Å². The molecule has 1 aromatic rings. The Balaban J connectivity index is 0.000000325. The number of benzene rings is 1. The molecule has 0 aliphatic heterocycles. The summed E-state index contributed by atoms with van der Waals surface area (Å²) < 4.78 is 10.0. The van der Waals surface area contributed by atoms with Crippen LogP contribution in [0.1, 0.15) is 0 Å². The fourth-order valence-electron chi connectivity index (χ4n) is 0.787. The third-order valence-corrected chi connectivity index (χ3v) is 1.88. The maximum absolute atomic E-state index is 9.43. The summed E-state index contributed by atoms with van der Waals surface area (Å²) >= 11 is 8.98. The molecule has 0 aliphatic rings. The Bertz CT molecular complexity index is 331. The van der Waals surface area contributed by atoms with E-state index in [0.717, 1.165) is 11.5 Å². The Hall–Kier alpha value is -1.26. The van der Waals surface area contributed by atoms with Crippen LogP contribution in [0.25, 0.3) is 0 Å². The standard InChI is InChI=1S/C8H10O2.C2Cl2O2/c1-9-7-5-3-4-6-8(7)10-2;3-1(5)2(4)6/h3-6H,1-2H3;. The SMILES string of the molecule is COc1ccccc1OC.O=C(Cl)C(=O)Cl. The van der Waals surface area contributed by atoms with E-state index >= 15 is 0 Å². The molecule has 0 saturated carbocycles. The van der Waals surface area contributed by atoms with E-state index in [9.17, 15) is 9.59 Å². The average Bonchev–Trinajstić information content (AvgIpc) is 2.29. The van der Waals surface area contributed by atoms with Crippen molar-refractivity contribution in [2.24, 2.45) is 0 Å². The lowest BCUT2D eigenvalue weighted by Crippen LogP contribution is -1.94. The highest BCUT2D eigenvalue weighted by atomic mass is 35.5. The molecule has 0 aliphatic carbocycles. The van der Waals surface area contributed by atoms with E-state index in [2.05, 4.69) is 23.2 Å². The van der Waals surface area contributed by atoms with Gasteiger partial charge in [0.25, 0.3) is 0 Å². The molecule has 88 valence electrons. The van der Waals surface area contributed by atoms with Crippen molar-refractivity contribution >= 4 is 33.7 Å². The average molecular weight is 265 g/mol. The fourth-order valence-corrected chi connectivity index (χ4v) is 0.787. The van der Waals surface area contributed by atoms with Crippen molar-refractivity contribution < 1.29 is 19.1 Å². The van der Waals surface area contributed by atoms with Crippen molar-refractivity contribution in [1.82, 2.24) is 0 Å². The van der Waals surface area contributed by atoms with Gasteiger partial charge in [-0.05, 0) is 35.3 Å². The number of carbonyl (C=O) groups excluding carboxylic acids is 2. The molecule has 16 heavy (non-hydrogen) atoms. The highest BCUT2D eigenvalue weighted by Gasteiger charge is 2.01. The summed E-state index contributed by atoms with van der Waals surface area (Å²) in [5.74, 6) is 1.54. The molecule has 1 aromatic carbocycles. The predicted octanol–water partition coefficient (Wildman–Crippen LogP) is 2.22. The van der Waals surface area contributed by atoms with E-state index in [1.165, 1.54) is 0 Å². The lowest BCUT2D eigenvalue weighted by molar-refractivity contribution is -0.127. The second kappa shape index (κ2) is 7.96. The topological polar surface area (TPSA) is 52.6 Å². The summed E-state index contributed by atoms with van der Waals surface area (Å²) in [5, 5.41) is -2.28. The van der Waals surface area contributed by atoms with Crippen LogP contribution in [-0.4, -0.2) is 24.7 Å². The van der Waals surface area contributed by atoms with Crippen LogP contribution in [0.4, 0.5) is 0 Å². The number of rotatable bonds is 3. The molecular formula is C10H10Cl2O4. The molecule has 0 spiro atoms. The minimum atomic E-state index is -1.14. The van der Waals surface area contributed by atoms with Crippen LogP contribution in [0.5, 0.6) is 11.5 Å². The van der Waals surface area contributed by atoms with E-state index in [0.29, 0.717) is 0 Å². The first-order valence-electron chi connectivity index (χ1n) is 4.09. The molecule has 0 unspecified atom stereocenters. The van der Waals surface area contributed by atoms with E-state index in [-0.39, 0.29) is 0 Å². The van der Waals surface area contributed by atoms with Gasteiger partial charge >= 0.3 is 10.5 Å². The summed E-state index contributed by atoms with van der Waals surface area (Å²) in [6.45, 7) is 0. The van der Waals surface area contributed by atoms with Gasteiger partial charge in [0.05, 0.1) is 14.2 Å². The minimum Gasteiger partial charge on any atom is -0.493 e. The smallest absolute Gasteiger partial charge is 0.304 e. The molecule has 6 heteroatoms. The molecule has 0 atom stereocenters.